The topological polar surface area (TPSA) is 50.1 Å². The first-order valence-corrected chi connectivity index (χ1v) is 7.09. The van der Waals surface area contributed by atoms with Crippen molar-refractivity contribution in [2.45, 2.75) is 32.1 Å². The van der Waals surface area contributed by atoms with Gasteiger partial charge < -0.3 is 10.4 Å². The maximum Gasteiger partial charge on any atom is 0.0492 e. The Labute approximate surface area is 109 Å². The monoisotopic (exact) mass is 251 g/mol. The molecular weight excluding hydrogens is 226 g/mol. The Kier molecular flexibility index (Phi) is 5.20. The molecular formula is C14H25N3O. The van der Waals surface area contributed by atoms with Gasteiger partial charge in [-0.1, -0.05) is 12.8 Å². The van der Waals surface area contributed by atoms with E-state index in [1.165, 1.54) is 31.4 Å². The molecule has 0 aromatic carbocycles. The van der Waals surface area contributed by atoms with Crippen molar-refractivity contribution < 1.29 is 5.11 Å². The maximum atomic E-state index is 9.37. The summed E-state index contributed by atoms with van der Waals surface area (Å²) in [6, 6.07) is 2.07. The Bertz CT molecular complexity index is 351. The third-order valence-corrected chi connectivity index (χ3v) is 4.19. The summed E-state index contributed by atoms with van der Waals surface area (Å²) in [6.07, 6.45) is 7.95. The lowest BCUT2D eigenvalue weighted by atomic mass is 9.79. The molecule has 18 heavy (non-hydrogen) atoms. The molecule has 1 fully saturated rings. The zero-order chi connectivity index (χ0) is 12.8. The number of hydrogen-bond donors (Lipinski definition) is 2. The van der Waals surface area contributed by atoms with E-state index in [-0.39, 0.29) is 0 Å². The molecule has 0 spiro atoms. The number of nitrogens with one attached hydrogen (secondary N) is 1. The van der Waals surface area contributed by atoms with Gasteiger partial charge in [-0.05, 0) is 37.3 Å². The van der Waals surface area contributed by atoms with E-state index in [2.05, 4.69) is 16.5 Å². The van der Waals surface area contributed by atoms with Crippen molar-refractivity contribution in [2.24, 2.45) is 18.9 Å². The highest BCUT2D eigenvalue weighted by Crippen LogP contribution is 2.28. The predicted molar refractivity (Wildman–Crippen MR) is 72.3 cm³/mol. The van der Waals surface area contributed by atoms with Crippen molar-refractivity contribution in [3.8, 4) is 0 Å². The predicted octanol–water partition coefficient (Wildman–Crippen LogP) is 1.35. The van der Waals surface area contributed by atoms with E-state index in [4.69, 9.17) is 0 Å². The number of hydrogen-bond acceptors (Lipinski definition) is 3. The quantitative estimate of drug-likeness (QED) is 0.750. The highest BCUT2D eigenvalue weighted by Gasteiger charge is 2.23. The molecule has 1 aliphatic carbocycles. The number of nitrogens with zero attached hydrogens (tertiary/aromatic N) is 2. The van der Waals surface area contributed by atoms with Gasteiger partial charge in [0.05, 0.1) is 0 Å². The Morgan fingerprint density at radius 2 is 2.17 bits per heavy atom. The molecule has 2 N–H and O–H groups in total. The van der Waals surface area contributed by atoms with Crippen molar-refractivity contribution in [3.63, 3.8) is 0 Å². The second-order valence-electron chi connectivity index (χ2n) is 5.39. The third-order valence-electron chi connectivity index (χ3n) is 4.19. The van der Waals surface area contributed by atoms with Gasteiger partial charge >= 0.3 is 0 Å². The Balaban J connectivity index is 1.67. The van der Waals surface area contributed by atoms with Crippen molar-refractivity contribution in [1.82, 2.24) is 15.1 Å². The highest BCUT2D eigenvalue weighted by atomic mass is 16.3. The maximum absolute atomic E-state index is 9.37. The fourth-order valence-electron chi connectivity index (χ4n) is 2.94. The minimum Gasteiger partial charge on any atom is -0.396 e. The van der Waals surface area contributed by atoms with Gasteiger partial charge in [0.25, 0.3) is 0 Å². The second kappa shape index (κ2) is 6.90. The summed E-state index contributed by atoms with van der Waals surface area (Å²) in [6.45, 7) is 2.39. The lowest BCUT2D eigenvalue weighted by Crippen LogP contribution is -2.33. The van der Waals surface area contributed by atoms with Gasteiger partial charge in [0.2, 0.25) is 0 Å². The van der Waals surface area contributed by atoms with E-state index >= 15 is 0 Å². The van der Waals surface area contributed by atoms with Gasteiger partial charge in [0, 0.05) is 38.5 Å². The Hall–Kier alpha value is -0.870. The van der Waals surface area contributed by atoms with E-state index in [1.54, 1.807) is 0 Å². The normalized spacial score (nSPS) is 24.3. The average molecular weight is 251 g/mol. The lowest BCUT2D eigenvalue weighted by molar-refractivity contribution is 0.133. The molecule has 2 rings (SSSR count). The first kappa shape index (κ1) is 13.6. The molecule has 0 bridgehead atoms. The summed E-state index contributed by atoms with van der Waals surface area (Å²) in [5, 5.41) is 17.1. The molecule has 4 heteroatoms. The van der Waals surface area contributed by atoms with Crippen LogP contribution in [0.4, 0.5) is 0 Å². The standard InChI is InChI=1S/C14H25N3O/c1-17-14(7-9-16-17)6-8-15-10-12-4-2-3-5-13(12)11-18/h7,9,12-13,15,18H,2-6,8,10-11H2,1H3. The zero-order valence-corrected chi connectivity index (χ0v) is 11.3. The van der Waals surface area contributed by atoms with Crippen LogP contribution in [-0.2, 0) is 13.5 Å². The summed E-state index contributed by atoms with van der Waals surface area (Å²) >= 11 is 0. The van der Waals surface area contributed by atoms with Gasteiger partial charge in [-0.25, -0.2) is 0 Å². The molecule has 4 nitrogen and oxygen atoms in total. The molecule has 1 aliphatic rings. The lowest BCUT2D eigenvalue weighted by Gasteiger charge is -2.30. The van der Waals surface area contributed by atoms with Crippen molar-refractivity contribution in [2.75, 3.05) is 19.7 Å². The first-order chi connectivity index (χ1) is 8.81. The van der Waals surface area contributed by atoms with Crippen LogP contribution in [0.1, 0.15) is 31.4 Å². The van der Waals surface area contributed by atoms with E-state index in [0.717, 1.165) is 19.5 Å². The smallest absolute Gasteiger partial charge is 0.0492 e. The van der Waals surface area contributed by atoms with Crippen LogP contribution in [0.25, 0.3) is 0 Å². The SMILES string of the molecule is Cn1nccc1CCNCC1CCCCC1CO. The van der Waals surface area contributed by atoms with Crippen LogP contribution in [-0.4, -0.2) is 34.6 Å². The molecule has 1 aromatic heterocycles. The van der Waals surface area contributed by atoms with Gasteiger partial charge in [-0.3, -0.25) is 4.68 Å². The summed E-state index contributed by atoms with van der Waals surface area (Å²) in [5.41, 5.74) is 1.27. The van der Waals surface area contributed by atoms with E-state index < -0.39 is 0 Å². The molecule has 0 radical (unpaired) electrons. The second-order valence-corrected chi connectivity index (χ2v) is 5.39. The minimum absolute atomic E-state index is 0.355. The van der Waals surface area contributed by atoms with Crippen LogP contribution in [0.15, 0.2) is 12.3 Å². The fourth-order valence-corrected chi connectivity index (χ4v) is 2.94. The van der Waals surface area contributed by atoms with Gasteiger partial charge in [-0.15, -0.1) is 0 Å². The molecule has 0 amide bonds. The van der Waals surface area contributed by atoms with Crippen molar-refractivity contribution in [1.29, 1.82) is 0 Å². The van der Waals surface area contributed by atoms with E-state index in [9.17, 15) is 5.11 Å². The largest absolute Gasteiger partial charge is 0.396 e. The molecule has 0 aliphatic heterocycles. The van der Waals surface area contributed by atoms with Crippen LogP contribution in [0, 0.1) is 11.8 Å². The van der Waals surface area contributed by atoms with Crippen molar-refractivity contribution >= 4 is 0 Å². The van der Waals surface area contributed by atoms with Gasteiger partial charge in [0.1, 0.15) is 0 Å². The number of aliphatic hydroxyl groups excluding tert-OH is 1. The van der Waals surface area contributed by atoms with E-state index in [0.29, 0.717) is 18.4 Å². The molecule has 0 saturated heterocycles. The third kappa shape index (κ3) is 3.56. The number of rotatable bonds is 6. The fraction of sp³-hybridized carbons (Fsp3) is 0.786. The summed E-state index contributed by atoms with van der Waals surface area (Å²) in [7, 11) is 1.98. The number of aliphatic hydroxyl groups is 1. The van der Waals surface area contributed by atoms with Crippen LogP contribution in [0.2, 0.25) is 0 Å². The van der Waals surface area contributed by atoms with Crippen LogP contribution in [0.3, 0.4) is 0 Å². The number of aryl methyl sites for hydroxylation is 1. The average Bonchev–Trinajstić information content (AvgIpc) is 2.81. The highest BCUT2D eigenvalue weighted by molar-refractivity contribution is 5.00. The minimum atomic E-state index is 0.355. The molecule has 1 aromatic rings. The number of aromatic nitrogens is 2. The Morgan fingerprint density at radius 1 is 1.39 bits per heavy atom. The zero-order valence-electron chi connectivity index (χ0n) is 11.3. The summed E-state index contributed by atoms with van der Waals surface area (Å²) in [4.78, 5) is 0. The molecule has 1 saturated carbocycles. The summed E-state index contributed by atoms with van der Waals surface area (Å²) in [5.74, 6) is 1.18. The molecule has 2 unspecified atom stereocenters. The van der Waals surface area contributed by atoms with Crippen LogP contribution >= 0.6 is 0 Å². The van der Waals surface area contributed by atoms with Gasteiger partial charge in [-0.2, -0.15) is 5.10 Å². The molecule has 1 heterocycles. The van der Waals surface area contributed by atoms with Crippen molar-refractivity contribution in [3.05, 3.63) is 18.0 Å². The van der Waals surface area contributed by atoms with E-state index in [1.807, 2.05) is 17.9 Å². The van der Waals surface area contributed by atoms with Crippen LogP contribution in [0.5, 0.6) is 0 Å². The first-order valence-electron chi connectivity index (χ1n) is 7.09. The molecule has 2 atom stereocenters. The summed E-state index contributed by atoms with van der Waals surface area (Å²) < 4.78 is 1.93. The Morgan fingerprint density at radius 3 is 2.83 bits per heavy atom. The molecule has 102 valence electrons. The van der Waals surface area contributed by atoms with Gasteiger partial charge in [0.15, 0.2) is 0 Å². The van der Waals surface area contributed by atoms with Crippen LogP contribution < -0.4 is 5.32 Å².